The van der Waals surface area contributed by atoms with Gasteiger partial charge in [-0.05, 0) is 18.2 Å². The molecule has 0 atom stereocenters. The van der Waals surface area contributed by atoms with Crippen molar-refractivity contribution in [2.75, 3.05) is 6.61 Å². The standard InChI is InChI=1S/C11H11FNO.BrH/c12-10-3-4-11-9(8-10)2-1-5-13(11)6-7-14;/h1-5,8,14H,6-7H2;1H/q+1;/p-1. The average molecular weight is 272 g/mol. The second-order valence-electron chi connectivity index (χ2n) is 3.13. The van der Waals surface area contributed by atoms with Crippen LogP contribution in [-0.4, -0.2) is 11.7 Å². The number of hydrogen-bond acceptors (Lipinski definition) is 1. The average Bonchev–Trinajstić information content (AvgIpc) is 2.18. The number of rotatable bonds is 2. The first-order valence-electron chi connectivity index (χ1n) is 4.50. The lowest BCUT2D eigenvalue weighted by atomic mass is 10.2. The summed E-state index contributed by atoms with van der Waals surface area (Å²) in [4.78, 5) is 0. The summed E-state index contributed by atoms with van der Waals surface area (Å²) in [6, 6.07) is 8.34. The number of hydrogen-bond donors (Lipinski definition) is 1. The molecule has 0 amide bonds. The predicted molar refractivity (Wildman–Crippen MR) is 51.2 cm³/mol. The number of fused-ring (bicyclic) bond motifs is 1. The van der Waals surface area contributed by atoms with E-state index in [4.69, 9.17) is 5.11 Å². The molecule has 2 rings (SSSR count). The van der Waals surface area contributed by atoms with Gasteiger partial charge in [0.2, 0.25) is 5.52 Å². The van der Waals surface area contributed by atoms with Crippen LogP contribution in [0.15, 0.2) is 36.5 Å². The zero-order chi connectivity index (χ0) is 9.97. The SMILES string of the molecule is OCC[n+]1cccc2cc(F)ccc21.[Br-]. The molecule has 0 aliphatic heterocycles. The Morgan fingerprint density at radius 1 is 1.27 bits per heavy atom. The number of aromatic nitrogens is 1. The number of aliphatic hydroxyl groups excluding tert-OH is 1. The number of aliphatic hydroxyl groups is 1. The Hall–Kier alpha value is -1.00. The highest BCUT2D eigenvalue weighted by molar-refractivity contribution is 5.75. The van der Waals surface area contributed by atoms with Crippen molar-refractivity contribution >= 4 is 10.9 Å². The Morgan fingerprint density at radius 2 is 2.07 bits per heavy atom. The maximum absolute atomic E-state index is 12.9. The monoisotopic (exact) mass is 271 g/mol. The molecule has 0 saturated heterocycles. The fraction of sp³-hybridized carbons (Fsp3) is 0.182. The summed E-state index contributed by atoms with van der Waals surface area (Å²) in [6.45, 7) is 0.615. The summed E-state index contributed by atoms with van der Waals surface area (Å²) >= 11 is 0. The van der Waals surface area contributed by atoms with Crippen molar-refractivity contribution in [1.82, 2.24) is 0 Å². The molecule has 0 bridgehead atoms. The van der Waals surface area contributed by atoms with E-state index in [1.54, 1.807) is 6.07 Å². The van der Waals surface area contributed by atoms with Crippen LogP contribution in [0.3, 0.4) is 0 Å². The molecule has 4 heteroatoms. The van der Waals surface area contributed by atoms with E-state index in [9.17, 15) is 4.39 Å². The third kappa shape index (κ3) is 2.52. The van der Waals surface area contributed by atoms with E-state index in [2.05, 4.69) is 0 Å². The van der Waals surface area contributed by atoms with Crippen molar-refractivity contribution < 1.29 is 31.0 Å². The lowest BCUT2D eigenvalue weighted by Gasteiger charge is -1.99. The Labute approximate surface area is 97.7 Å². The molecule has 1 aromatic heterocycles. The summed E-state index contributed by atoms with van der Waals surface area (Å²) in [5.41, 5.74) is 0.933. The minimum Gasteiger partial charge on any atom is -1.00 e. The zero-order valence-electron chi connectivity index (χ0n) is 8.03. The topological polar surface area (TPSA) is 24.1 Å². The molecule has 0 fully saturated rings. The van der Waals surface area contributed by atoms with E-state index in [-0.39, 0.29) is 29.4 Å². The maximum atomic E-state index is 12.9. The fourth-order valence-corrected chi connectivity index (χ4v) is 1.55. The normalized spacial score (nSPS) is 10.0. The van der Waals surface area contributed by atoms with Crippen molar-refractivity contribution in [3.8, 4) is 0 Å². The molecule has 0 aliphatic carbocycles. The number of halogens is 2. The van der Waals surface area contributed by atoms with Gasteiger partial charge in [-0.15, -0.1) is 0 Å². The molecule has 0 unspecified atom stereocenters. The number of nitrogens with zero attached hydrogens (tertiary/aromatic N) is 1. The van der Waals surface area contributed by atoms with Crippen molar-refractivity contribution in [2.24, 2.45) is 0 Å². The minimum absolute atomic E-state index is 0. The third-order valence-electron chi connectivity index (χ3n) is 2.18. The molecule has 0 saturated carbocycles. The Balaban J connectivity index is 0.00000112. The van der Waals surface area contributed by atoms with E-state index in [1.807, 2.05) is 22.9 Å². The fourth-order valence-electron chi connectivity index (χ4n) is 1.55. The first kappa shape index (κ1) is 12.1. The molecule has 1 N–H and O–H groups in total. The molecular weight excluding hydrogens is 261 g/mol. The highest BCUT2D eigenvalue weighted by Crippen LogP contribution is 2.10. The van der Waals surface area contributed by atoms with Crippen molar-refractivity contribution in [1.29, 1.82) is 0 Å². The largest absolute Gasteiger partial charge is 1.00 e. The van der Waals surface area contributed by atoms with Crippen molar-refractivity contribution in [3.05, 3.63) is 42.3 Å². The van der Waals surface area contributed by atoms with Crippen LogP contribution < -0.4 is 21.5 Å². The van der Waals surface area contributed by atoms with Crippen LogP contribution in [0.25, 0.3) is 10.9 Å². The van der Waals surface area contributed by atoms with Gasteiger partial charge in [0, 0.05) is 17.5 Å². The van der Waals surface area contributed by atoms with Gasteiger partial charge in [0.05, 0.1) is 0 Å². The van der Waals surface area contributed by atoms with E-state index in [0.717, 1.165) is 10.9 Å². The molecule has 1 heterocycles. The maximum Gasteiger partial charge on any atom is 0.212 e. The van der Waals surface area contributed by atoms with Crippen molar-refractivity contribution in [3.63, 3.8) is 0 Å². The summed E-state index contributed by atoms with van der Waals surface area (Å²) < 4.78 is 14.8. The molecule has 0 radical (unpaired) electrons. The van der Waals surface area contributed by atoms with Gasteiger partial charge < -0.3 is 22.1 Å². The molecule has 1 aromatic carbocycles. The van der Waals surface area contributed by atoms with Gasteiger partial charge >= 0.3 is 0 Å². The first-order valence-corrected chi connectivity index (χ1v) is 4.50. The lowest BCUT2D eigenvalue weighted by molar-refractivity contribution is -0.672. The third-order valence-corrected chi connectivity index (χ3v) is 2.18. The second-order valence-corrected chi connectivity index (χ2v) is 3.13. The highest BCUT2D eigenvalue weighted by Gasteiger charge is 2.07. The van der Waals surface area contributed by atoms with E-state index in [0.29, 0.717) is 6.54 Å². The smallest absolute Gasteiger partial charge is 0.212 e. The number of benzene rings is 1. The Morgan fingerprint density at radius 3 is 2.80 bits per heavy atom. The van der Waals surface area contributed by atoms with Crippen LogP contribution in [0.5, 0.6) is 0 Å². The van der Waals surface area contributed by atoms with Crippen LogP contribution in [0.1, 0.15) is 0 Å². The quantitative estimate of drug-likeness (QED) is 0.645. The first-order chi connectivity index (χ1) is 6.81. The molecule has 0 spiro atoms. The number of pyridine rings is 1. The van der Waals surface area contributed by atoms with Gasteiger partial charge in [-0.25, -0.2) is 4.39 Å². The van der Waals surface area contributed by atoms with Gasteiger partial charge in [-0.1, -0.05) is 0 Å². The minimum atomic E-state index is -0.237. The van der Waals surface area contributed by atoms with E-state index >= 15 is 0 Å². The van der Waals surface area contributed by atoms with E-state index < -0.39 is 0 Å². The van der Waals surface area contributed by atoms with Gasteiger partial charge in [-0.2, -0.15) is 4.57 Å². The van der Waals surface area contributed by atoms with Gasteiger partial charge in [-0.3, -0.25) is 0 Å². The van der Waals surface area contributed by atoms with E-state index in [1.165, 1.54) is 12.1 Å². The van der Waals surface area contributed by atoms with Gasteiger partial charge in [0.1, 0.15) is 12.4 Å². The van der Waals surface area contributed by atoms with Crippen LogP contribution in [0.2, 0.25) is 0 Å². The molecule has 2 nitrogen and oxygen atoms in total. The van der Waals surface area contributed by atoms with Crippen LogP contribution in [-0.2, 0) is 6.54 Å². The van der Waals surface area contributed by atoms with Crippen LogP contribution in [0.4, 0.5) is 4.39 Å². The van der Waals surface area contributed by atoms with Crippen LogP contribution in [0, 0.1) is 5.82 Å². The molecule has 2 aromatic rings. The van der Waals surface area contributed by atoms with Crippen molar-refractivity contribution in [2.45, 2.75) is 6.54 Å². The van der Waals surface area contributed by atoms with Gasteiger partial charge in [0.15, 0.2) is 12.7 Å². The van der Waals surface area contributed by atoms with Crippen LogP contribution >= 0.6 is 0 Å². The summed E-state index contributed by atoms with van der Waals surface area (Å²) in [5.74, 6) is -0.237. The summed E-state index contributed by atoms with van der Waals surface area (Å²) in [6.07, 6.45) is 1.87. The Kier molecular flexibility index (Phi) is 4.17. The Bertz CT molecular complexity index is 461. The second kappa shape index (κ2) is 5.19. The molecule has 80 valence electrons. The zero-order valence-corrected chi connectivity index (χ0v) is 9.61. The lowest BCUT2D eigenvalue weighted by Crippen LogP contribution is -3.00. The highest BCUT2D eigenvalue weighted by atomic mass is 79.9. The predicted octanol–water partition coefficient (Wildman–Crippen LogP) is -1.74. The summed E-state index contributed by atoms with van der Waals surface area (Å²) in [7, 11) is 0. The molecule has 0 aliphatic rings. The molecule has 15 heavy (non-hydrogen) atoms. The van der Waals surface area contributed by atoms with Gasteiger partial charge in [0.25, 0.3) is 0 Å². The summed E-state index contributed by atoms with van der Waals surface area (Å²) in [5, 5.41) is 9.69. The molecular formula is C11H11BrFNO.